The summed E-state index contributed by atoms with van der Waals surface area (Å²) in [5.74, 6) is 0.381. The van der Waals surface area contributed by atoms with Crippen LogP contribution in [0.25, 0.3) is 0 Å². The fraction of sp³-hybridized carbons (Fsp3) is 0.391. The van der Waals surface area contributed by atoms with E-state index in [1.54, 1.807) is 25.0 Å². The fourth-order valence-corrected chi connectivity index (χ4v) is 3.08. The largest absolute Gasteiger partial charge is 0.497 e. The SMILES string of the molecule is COc1ccc(CC(=O)N(Cc2ccccc2Cl)[C@H](C)C(=O)NC(C)(C)C)cc1. The highest BCUT2D eigenvalue weighted by molar-refractivity contribution is 6.31. The molecule has 0 aliphatic heterocycles. The monoisotopic (exact) mass is 416 g/mol. The first-order valence-corrected chi connectivity index (χ1v) is 9.96. The van der Waals surface area contributed by atoms with Crippen molar-refractivity contribution in [2.24, 2.45) is 0 Å². The molecule has 2 rings (SSSR count). The first kappa shape index (κ1) is 22.8. The number of benzene rings is 2. The van der Waals surface area contributed by atoms with Crippen molar-refractivity contribution in [1.29, 1.82) is 0 Å². The summed E-state index contributed by atoms with van der Waals surface area (Å²) >= 11 is 6.30. The molecular formula is C23H29ClN2O3. The standard InChI is InChI=1S/C23H29ClN2O3/c1-16(22(28)25-23(2,3)4)26(15-18-8-6-7-9-20(18)24)21(27)14-17-10-12-19(29-5)13-11-17/h6-13,16H,14-15H2,1-5H3,(H,25,28)/t16-/m1/s1. The molecule has 1 N–H and O–H groups in total. The third-order valence-corrected chi connectivity index (χ3v) is 4.85. The lowest BCUT2D eigenvalue weighted by Gasteiger charge is -2.31. The van der Waals surface area contributed by atoms with Gasteiger partial charge in [-0.1, -0.05) is 41.9 Å². The van der Waals surface area contributed by atoms with Gasteiger partial charge in [0.15, 0.2) is 0 Å². The van der Waals surface area contributed by atoms with E-state index in [2.05, 4.69) is 5.32 Å². The van der Waals surface area contributed by atoms with Crippen LogP contribution in [0.4, 0.5) is 0 Å². The Balaban J connectivity index is 2.25. The van der Waals surface area contributed by atoms with Crippen LogP contribution in [0.1, 0.15) is 38.8 Å². The van der Waals surface area contributed by atoms with Crippen LogP contribution >= 0.6 is 11.6 Å². The molecule has 0 saturated heterocycles. The number of carbonyl (C=O) groups excluding carboxylic acids is 2. The lowest BCUT2D eigenvalue weighted by Crippen LogP contribution is -2.52. The van der Waals surface area contributed by atoms with Crippen molar-refractivity contribution in [3.63, 3.8) is 0 Å². The normalized spacial score (nSPS) is 12.2. The van der Waals surface area contributed by atoms with E-state index in [-0.39, 0.29) is 30.3 Å². The molecule has 0 aliphatic carbocycles. The van der Waals surface area contributed by atoms with E-state index < -0.39 is 6.04 Å². The molecule has 0 aliphatic rings. The van der Waals surface area contributed by atoms with Crippen LogP contribution < -0.4 is 10.1 Å². The van der Waals surface area contributed by atoms with Gasteiger partial charge in [0.25, 0.3) is 0 Å². The van der Waals surface area contributed by atoms with E-state index in [0.717, 1.165) is 16.9 Å². The zero-order valence-electron chi connectivity index (χ0n) is 17.7. The second-order valence-electron chi connectivity index (χ2n) is 8.05. The molecule has 0 bridgehead atoms. The summed E-state index contributed by atoms with van der Waals surface area (Å²) < 4.78 is 5.17. The van der Waals surface area contributed by atoms with Gasteiger partial charge in [-0.2, -0.15) is 0 Å². The molecule has 2 amide bonds. The molecule has 0 heterocycles. The van der Waals surface area contributed by atoms with E-state index in [1.807, 2.05) is 63.2 Å². The van der Waals surface area contributed by atoms with Crippen molar-refractivity contribution in [2.45, 2.75) is 52.2 Å². The van der Waals surface area contributed by atoms with Gasteiger partial charge in [-0.05, 0) is 57.0 Å². The molecule has 2 aromatic rings. The number of hydrogen-bond donors (Lipinski definition) is 1. The van der Waals surface area contributed by atoms with E-state index in [1.165, 1.54) is 0 Å². The van der Waals surface area contributed by atoms with E-state index >= 15 is 0 Å². The van der Waals surface area contributed by atoms with Gasteiger partial charge in [0.1, 0.15) is 11.8 Å². The van der Waals surface area contributed by atoms with Crippen LogP contribution in [0.15, 0.2) is 48.5 Å². The molecule has 2 aromatic carbocycles. The Morgan fingerprint density at radius 3 is 2.28 bits per heavy atom. The zero-order valence-corrected chi connectivity index (χ0v) is 18.4. The van der Waals surface area contributed by atoms with Crippen LogP contribution in [0, 0.1) is 0 Å². The van der Waals surface area contributed by atoms with Gasteiger partial charge >= 0.3 is 0 Å². The van der Waals surface area contributed by atoms with Crippen LogP contribution in [-0.2, 0) is 22.6 Å². The predicted octanol–water partition coefficient (Wildman–Crippen LogP) is 4.22. The Morgan fingerprint density at radius 1 is 1.10 bits per heavy atom. The van der Waals surface area contributed by atoms with Crippen LogP contribution in [0.3, 0.4) is 0 Å². The molecule has 0 aromatic heterocycles. The smallest absolute Gasteiger partial charge is 0.242 e. The minimum atomic E-state index is -0.642. The highest BCUT2D eigenvalue weighted by Gasteiger charge is 2.28. The number of nitrogens with zero attached hydrogens (tertiary/aromatic N) is 1. The average molecular weight is 417 g/mol. The number of rotatable bonds is 7. The van der Waals surface area contributed by atoms with Crippen molar-refractivity contribution in [2.75, 3.05) is 7.11 Å². The molecule has 29 heavy (non-hydrogen) atoms. The molecule has 0 spiro atoms. The summed E-state index contributed by atoms with van der Waals surface area (Å²) in [6.07, 6.45) is 0.182. The van der Waals surface area contributed by atoms with Crippen molar-refractivity contribution >= 4 is 23.4 Å². The number of ether oxygens (including phenoxy) is 1. The molecule has 156 valence electrons. The van der Waals surface area contributed by atoms with E-state index in [0.29, 0.717) is 5.02 Å². The molecule has 6 heteroatoms. The number of halogens is 1. The van der Waals surface area contributed by atoms with Gasteiger partial charge in [-0.25, -0.2) is 0 Å². The van der Waals surface area contributed by atoms with E-state index in [4.69, 9.17) is 16.3 Å². The van der Waals surface area contributed by atoms with Crippen molar-refractivity contribution in [3.8, 4) is 5.75 Å². The van der Waals surface area contributed by atoms with Gasteiger partial charge in [0, 0.05) is 17.1 Å². The number of amides is 2. The number of methoxy groups -OCH3 is 1. The minimum Gasteiger partial charge on any atom is -0.497 e. The third kappa shape index (κ3) is 6.79. The van der Waals surface area contributed by atoms with Gasteiger partial charge < -0.3 is 15.0 Å². The van der Waals surface area contributed by atoms with Crippen LogP contribution in [-0.4, -0.2) is 35.4 Å². The summed E-state index contributed by atoms with van der Waals surface area (Å²) in [6, 6.07) is 14.0. The first-order valence-electron chi connectivity index (χ1n) is 9.58. The van der Waals surface area contributed by atoms with Crippen LogP contribution in [0.2, 0.25) is 5.02 Å². The maximum Gasteiger partial charge on any atom is 0.242 e. The number of hydrogen-bond acceptors (Lipinski definition) is 3. The van der Waals surface area contributed by atoms with Gasteiger partial charge in [0.05, 0.1) is 13.5 Å². The summed E-state index contributed by atoms with van der Waals surface area (Å²) in [7, 11) is 1.60. The maximum atomic E-state index is 13.2. The Morgan fingerprint density at radius 2 is 1.72 bits per heavy atom. The van der Waals surface area contributed by atoms with Gasteiger partial charge in [-0.15, -0.1) is 0 Å². The lowest BCUT2D eigenvalue weighted by atomic mass is 10.1. The summed E-state index contributed by atoms with van der Waals surface area (Å²) in [5.41, 5.74) is 1.26. The molecule has 0 fully saturated rings. The zero-order chi connectivity index (χ0) is 21.6. The molecular weight excluding hydrogens is 388 g/mol. The minimum absolute atomic E-state index is 0.147. The number of nitrogens with one attached hydrogen (secondary N) is 1. The van der Waals surface area contributed by atoms with Gasteiger partial charge in [0.2, 0.25) is 11.8 Å². The predicted molar refractivity (Wildman–Crippen MR) is 116 cm³/mol. The molecule has 1 atom stereocenters. The second-order valence-corrected chi connectivity index (χ2v) is 8.46. The highest BCUT2D eigenvalue weighted by Crippen LogP contribution is 2.20. The summed E-state index contributed by atoms with van der Waals surface area (Å²) in [5, 5.41) is 3.52. The van der Waals surface area contributed by atoms with Crippen molar-refractivity contribution in [1.82, 2.24) is 10.2 Å². The average Bonchev–Trinajstić information content (AvgIpc) is 2.66. The Bertz CT molecular complexity index is 844. The molecule has 0 saturated carbocycles. The van der Waals surface area contributed by atoms with Crippen molar-refractivity contribution in [3.05, 3.63) is 64.7 Å². The number of carbonyl (C=O) groups is 2. The lowest BCUT2D eigenvalue weighted by molar-refractivity contribution is -0.140. The maximum absolute atomic E-state index is 13.2. The van der Waals surface area contributed by atoms with Crippen LogP contribution in [0.5, 0.6) is 5.75 Å². The molecule has 0 radical (unpaired) electrons. The second kappa shape index (κ2) is 9.79. The van der Waals surface area contributed by atoms with Gasteiger partial charge in [-0.3, -0.25) is 9.59 Å². The fourth-order valence-electron chi connectivity index (χ4n) is 2.89. The quantitative estimate of drug-likeness (QED) is 0.735. The molecule has 0 unspecified atom stereocenters. The first-order chi connectivity index (χ1) is 13.6. The third-order valence-electron chi connectivity index (χ3n) is 4.48. The topological polar surface area (TPSA) is 58.6 Å². The molecule has 5 nitrogen and oxygen atoms in total. The Labute approximate surface area is 178 Å². The Hall–Kier alpha value is -2.53. The Kier molecular flexibility index (Phi) is 7.68. The summed E-state index contributed by atoms with van der Waals surface area (Å²) in [6.45, 7) is 7.73. The van der Waals surface area contributed by atoms with Crippen molar-refractivity contribution < 1.29 is 14.3 Å². The highest BCUT2D eigenvalue weighted by atomic mass is 35.5. The summed E-state index contributed by atoms with van der Waals surface area (Å²) in [4.78, 5) is 27.5. The van der Waals surface area contributed by atoms with E-state index in [9.17, 15) is 9.59 Å².